The second kappa shape index (κ2) is 7.61. The minimum Gasteiger partial charge on any atom is -0.396 e. The van der Waals surface area contributed by atoms with Crippen molar-refractivity contribution in [2.45, 2.75) is 45.6 Å². The normalized spacial score (nSPS) is 23.1. The smallest absolute Gasteiger partial charge is 0.235 e. The van der Waals surface area contributed by atoms with Crippen LogP contribution in [0.1, 0.15) is 40.0 Å². The molecule has 1 rings (SSSR count). The monoisotopic (exact) mass is 281 g/mol. The maximum Gasteiger partial charge on any atom is 0.235 e. The van der Waals surface area contributed by atoms with Crippen molar-refractivity contribution in [1.82, 2.24) is 10.2 Å². The van der Waals surface area contributed by atoms with E-state index in [2.05, 4.69) is 16.3 Å². The zero-order valence-corrected chi connectivity index (χ0v) is 12.9. The maximum atomic E-state index is 12.1. The van der Waals surface area contributed by atoms with Gasteiger partial charge in [-0.2, -0.15) is 5.26 Å². The number of hydrogen-bond donors (Lipinski definition) is 2. The summed E-state index contributed by atoms with van der Waals surface area (Å²) in [4.78, 5) is 14.2. The highest BCUT2D eigenvalue weighted by Gasteiger charge is 2.31. The highest BCUT2D eigenvalue weighted by atomic mass is 16.3. The van der Waals surface area contributed by atoms with Crippen LogP contribution in [0.15, 0.2) is 0 Å². The Bertz CT molecular complexity index is 363. The number of likely N-dealkylation sites (tertiary alicyclic amines) is 1. The molecule has 5 heteroatoms. The second-order valence-corrected chi connectivity index (χ2v) is 6.27. The summed E-state index contributed by atoms with van der Waals surface area (Å²) in [6.07, 6.45) is 3.00. The van der Waals surface area contributed by atoms with E-state index in [1.807, 2.05) is 13.8 Å². The van der Waals surface area contributed by atoms with Gasteiger partial charge in [-0.15, -0.1) is 0 Å². The van der Waals surface area contributed by atoms with Gasteiger partial charge in [0.25, 0.3) is 0 Å². The first-order valence-electron chi connectivity index (χ1n) is 7.46. The summed E-state index contributed by atoms with van der Waals surface area (Å²) >= 11 is 0. The van der Waals surface area contributed by atoms with Crippen molar-refractivity contribution in [3.63, 3.8) is 0 Å². The quantitative estimate of drug-likeness (QED) is 0.765. The first-order valence-corrected chi connectivity index (χ1v) is 7.46. The minimum absolute atomic E-state index is 0.0694. The van der Waals surface area contributed by atoms with Gasteiger partial charge < -0.3 is 10.4 Å². The minimum atomic E-state index is -0.808. The number of piperidine rings is 1. The van der Waals surface area contributed by atoms with Gasteiger partial charge in [-0.25, -0.2) is 0 Å². The van der Waals surface area contributed by atoms with Crippen LogP contribution in [0, 0.1) is 23.2 Å². The highest BCUT2D eigenvalue weighted by molar-refractivity contribution is 5.79. The molecule has 1 saturated heterocycles. The number of hydrogen-bond acceptors (Lipinski definition) is 4. The van der Waals surface area contributed by atoms with E-state index in [-0.39, 0.29) is 18.4 Å². The van der Waals surface area contributed by atoms with Crippen LogP contribution >= 0.6 is 0 Å². The van der Waals surface area contributed by atoms with Crippen LogP contribution < -0.4 is 5.32 Å². The van der Waals surface area contributed by atoms with E-state index in [1.165, 1.54) is 0 Å². The standard InChI is InChI=1S/C15H27N3O2/c1-12(2)15(3,11-16)17-14(20)10-18-7-4-5-13(9-18)6-8-19/h12-13,19H,4-10H2,1-3H3,(H,17,20). The molecule has 5 nitrogen and oxygen atoms in total. The van der Waals surface area contributed by atoms with Gasteiger partial charge >= 0.3 is 0 Å². The van der Waals surface area contributed by atoms with Crippen molar-refractivity contribution in [2.24, 2.45) is 11.8 Å². The van der Waals surface area contributed by atoms with E-state index < -0.39 is 5.54 Å². The van der Waals surface area contributed by atoms with Crippen molar-refractivity contribution >= 4 is 5.91 Å². The topological polar surface area (TPSA) is 76.4 Å². The summed E-state index contributed by atoms with van der Waals surface area (Å²) in [6.45, 7) is 7.96. The maximum absolute atomic E-state index is 12.1. The predicted octanol–water partition coefficient (Wildman–Crippen LogP) is 1.14. The zero-order valence-electron chi connectivity index (χ0n) is 12.9. The molecule has 0 aromatic carbocycles. The fourth-order valence-corrected chi connectivity index (χ4v) is 2.55. The third-order valence-electron chi connectivity index (χ3n) is 4.29. The van der Waals surface area contributed by atoms with Crippen molar-refractivity contribution in [1.29, 1.82) is 5.26 Å². The average molecular weight is 281 g/mol. The lowest BCUT2D eigenvalue weighted by atomic mass is 9.90. The number of carbonyl (C=O) groups excluding carboxylic acids is 1. The Hall–Kier alpha value is -1.12. The molecule has 0 saturated carbocycles. The van der Waals surface area contributed by atoms with Crippen LogP contribution in [0.3, 0.4) is 0 Å². The van der Waals surface area contributed by atoms with Gasteiger partial charge in [-0.05, 0) is 44.6 Å². The van der Waals surface area contributed by atoms with Gasteiger partial charge in [-0.3, -0.25) is 9.69 Å². The summed E-state index contributed by atoms with van der Waals surface area (Å²) in [5, 5.41) is 21.1. The summed E-state index contributed by atoms with van der Waals surface area (Å²) in [5.41, 5.74) is -0.808. The Kier molecular flexibility index (Phi) is 6.44. The van der Waals surface area contributed by atoms with Gasteiger partial charge in [0.1, 0.15) is 5.54 Å². The van der Waals surface area contributed by atoms with E-state index in [0.717, 1.165) is 32.4 Å². The molecular weight excluding hydrogens is 254 g/mol. The Morgan fingerprint density at radius 1 is 1.60 bits per heavy atom. The lowest BCUT2D eigenvalue weighted by molar-refractivity contribution is -0.124. The Labute approximate surface area is 122 Å². The van der Waals surface area contributed by atoms with E-state index in [0.29, 0.717) is 12.5 Å². The molecule has 0 aliphatic carbocycles. The lowest BCUT2D eigenvalue weighted by Crippen LogP contribution is -2.52. The molecular formula is C15H27N3O2. The van der Waals surface area contributed by atoms with Gasteiger partial charge in [0.2, 0.25) is 5.91 Å². The summed E-state index contributed by atoms with van der Waals surface area (Å²) in [5.74, 6) is 0.460. The van der Waals surface area contributed by atoms with Crippen LogP contribution in [0.4, 0.5) is 0 Å². The summed E-state index contributed by atoms with van der Waals surface area (Å²) < 4.78 is 0. The van der Waals surface area contributed by atoms with Gasteiger partial charge in [0.15, 0.2) is 0 Å². The van der Waals surface area contributed by atoms with Gasteiger partial charge in [-0.1, -0.05) is 13.8 Å². The van der Waals surface area contributed by atoms with Crippen molar-refractivity contribution in [2.75, 3.05) is 26.2 Å². The van der Waals surface area contributed by atoms with Crippen LogP contribution in [0.25, 0.3) is 0 Å². The lowest BCUT2D eigenvalue weighted by Gasteiger charge is -2.33. The molecule has 0 radical (unpaired) electrons. The molecule has 0 aromatic heterocycles. The SMILES string of the molecule is CC(C)C(C)(C#N)NC(=O)CN1CCCC(CCO)C1. The van der Waals surface area contributed by atoms with Crippen LogP contribution in [-0.2, 0) is 4.79 Å². The molecule has 2 unspecified atom stereocenters. The Morgan fingerprint density at radius 2 is 2.30 bits per heavy atom. The number of aliphatic hydroxyl groups is 1. The summed E-state index contributed by atoms with van der Waals surface area (Å²) in [7, 11) is 0. The summed E-state index contributed by atoms with van der Waals surface area (Å²) in [6, 6.07) is 2.19. The van der Waals surface area contributed by atoms with Crippen LogP contribution in [0.5, 0.6) is 0 Å². The number of amides is 1. The Balaban J connectivity index is 2.48. The molecule has 0 spiro atoms. The molecule has 1 amide bonds. The van der Waals surface area contributed by atoms with E-state index in [9.17, 15) is 10.1 Å². The number of rotatable bonds is 6. The zero-order chi connectivity index (χ0) is 15.2. The molecule has 1 fully saturated rings. The average Bonchev–Trinajstić information content (AvgIpc) is 2.39. The molecule has 0 aromatic rings. The van der Waals surface area contributed by atoms with Gasteiger partial charge in [0, 0.05) is 13.2 Å². The highest BCUT2D eigenvalue weighted by Crippen LogP contribution is 2.19. The van der Waals surface area contributed by atoms with Crippen LogP contribution in [0.2, 0.25) is 0 Å². The first-order chi connectivity index (χ1) is 9.41. The number of carbonyl (C=O) groups is 1. The number of aliphatic hydroxyl groups excluding tert-OH is 1. The molecule has 0 bridgehead atoms. The molecule has 20 heavy (non-hydrogen) atoms. The molecule has 1 aliphatic heterocycles. The largest absolute Gasteiger partial charge is 0.396 e. The number of nitrogens with zero attached hydrogens (tertiary/aromatic N) is 2. The number of nitrogens with one attached hydrogen (secondary N) is 1. The molecule has 1 aliphatic rings. The van der Waals surface area contributed by atoms with Crippen LogP contribution in [-0.4, -0.2) is 47.7 Å². The van der Waals surface area contributed by atoms with E-state index in [4.69, 9.17) is 5.11 Å². The molecule has 2 N–H and O–H groups in total. The van der Waals surface area contributed by atoms with Gasteiger partial charge in [0.05, 0.1) is 12.6 Å². The fraction of sp³-hybridized carbons (Fsp3) is 0.867. The van der Waals surface area contributed by atoms with Crippen molar-refractivity contribution in [3.8, 4) is 6.07 Å². The van der Waals surface area contributed by atoms with Crippen molar-refractivity contribution < 1.29 is 9.90 Å². The van der Waals surface area contributed by atoms with Crippen molar-refractivity contribution in [3.05, 3.63) is 0 Å². The fourth-order valence-electron chi connectivity index (χ4n) is 2.55. The predicted molar refractivity (Wildman–Crippen MR) is 77.9 cm³/mol. The van der Waals surface area contributed by atoms with E-state index in [1.54, 1.807) is 6.92 Å². The van der Waals surface area contributed by atoms with E-state index >= 15 is 0 Å². The third kappa shape index (κ3) is 4.77. The first kappa shape index (κ1) is 16.9. The molecule has 1 heterocycles. The number of nitriles is 1. The molecule has 114 valence electrons. The Morgan fingerprint density at radius 3 is 2.85 bits per heavy atom. The molecule has 2 atom stereocenters. The third-order valence-corrected chi connectivity index (χ3v) is 4.29. The second-order valence-electron chi connectivity index (χ2n) is 6.27.